The van der Waals surface area contributed by atoms with E-state index in [-0.39, 0.29) is 0 Å². The normalized spacial score (nSPS) is 9.43. The predicted octanol–water partition coefficient (Wildman–Crippen LogP) is 1.74. The van der Waals surface area contributed by atoms with Gasteiger partial charge < -0.3 is 9.90 Å². The number of rotatable bonds is 1. The summed E-state index contributed by atoms with van der Waals surface area (Å²) >= 11 is 0. The maximum absolute atomic E-state index is 12.5. The molecule has 1 aromatic carbocycles. The molecule has 0 aliphatic heterocycles. The fraction of sp³-hybridized carbons (Fsp3) is 0. The summed E-state index contributed by atoms with van der Waals surface area (Å²) in [7, 11) is 0. The molecular formula is C7HF4O2Rf-. The van der Waals surface area contributed by atoms with E-state index in [4.69, 9.17) is 5.11 Å². The first-order chi connectivity index (χ1) is 5.95. The first kappa shape index (κ1) is 11.4. The molecule has 1 N–H and O–H groups in total. The number of hydrogen-bond donors (Lipinski definition) is 1. The second kappa shape index (κ2) is 3.42. The second-order valence-electron chi connectivity index (χ2n) is 2.06. The Labute approximate surface area is 69.4 Å². The van der Waals surface area contributed by atoms with Crippen LogP contribution in [0, 0.1) is 29.3 Å². The minimum atomic E-state index is -2.16. The zero-order valence-electron chi connectivity index (χ0n) is 6.57. The maximum Gasteiger partial charge on any atom is 0.250 e. The van der Waals surface area contributed by atoms with E-state index in [2.05, 4.69) is 0 Å². The van der Waals surface area contributed by atoms with Crippen LogP contribution < -0.4 is 0 Å². The fourth-order valence-corrected chi connectivity index (χ4v) is 0.669. The van der Waals surface area contributed by atoms with Crippen molar-refractivity contribution in [3.05, 3.63) is 34.9 Å². The Balaban J connectivity index is 0.00000169. The minimum Gasteiger partial charge on any atom is -0.521 e. The summed E-state index contributed by atoms with van der Waals surface area (Å²) < 4.78 is 49.3. The summed E-state index contributed by atoms with van der Waals surface area (Å²) in [6.45, 7) is 0. The molecule has 72 valence electrons. The molecule has 0 atom stereocenters. The van der Waals surface area contributed by atoms with Gasteiger partial charge in [-0.3, -0.25) is 8.78 Å². The molecule has 0 bridgehead atoms. The molecule has 0 saturated heterocycles. The van der Waals surface area contributed by atoms with Crippen molar-refractivity contribution in [2.75, 3.05) is 0 Å². The zero-order valence-corrected chi connectivity index (χ0v) is 13.0. The molecule has 0 radical (unpaired) electrons. The molecule has 0 aromatic heterocycles. The van der Waals surface area contributed by atoms with Crippen LogP contribution in [0.25, 0.3) is 0 Å². The average molecular weight is 460 g/mol. The van der Waals surface area contributed by atoms with Gasteiger partial charge in [-0.25, -0.2) is 8.78 Å². The molecule has 0 spiro atoms. The fourth-order valence-electron chi connectivity index (χ4n) is 0.669. The van der Waals surface area contributed by atoms with Crippen molar-refractivity contribution in [1.29, 1.82) is 0 Å². The van der Waals surface area contributed by atoms with E-state index in [1.165, 1.54) is 6.07 Å². The summed E-state index contributed by atoms with van der Waals surface area (Å²) in [4.78, 5) is 10.1. The first-order valence-electron chi connectivity index (χ1n) is 2.93. The van der Waals surface area contributed by atoms with Gasteiger partial charge in [0.1, 0.15) is 11.6 Å². The Bertz CT molecular complexity index is 380. The van der Waals surface area contributed by atoms with Crippen LogP contribution in [0.5, 0.6) is 0 Å². The third kappa shape index (κ3) is 1.45. The standard InChI is InChI=1S/C7HF4O2.Rf/c8-3-1-2(7(12)13)4(9)6(11)5(3)10;/h(H,12,13);/q-1;. The average Bonchev–Trinajstić information content (AvgIpc) is 2.07. The number of carboxylic acids is 1. The van der Waals surface area contributed by atoms with Crippen molar-refractivity contribution in [1.82, 2.24) is 0 Å². The van der Waals surface area contributed by atoms with Gasteiger partial charge in [0.15, 0.2) is 0 Å². The number of benzene rings is 1. The molecule has 0 fully saturated rings. The van der Waals surface area contributed by atoms with Crippen molar-refractivity contribution < 1.29 is 27.5 Å². The van der Waals surface area contributed by atoms with Gasteiger partial charge in [-0.1, -0.05) is 6.07 Å². The zero-order chi connectivity index (χ0) is 10.2. The second-order valence-corrected chi connectivity index (χ2v) is 2.06. The van der Waals surface area contributed by atoms with Gasteiger partial charge in [0.2, 0.25) is 0 Å². The van der Waals surface area contributed by atoms with Gasteiger partial charge in [-0.05, 0) is 5.56 Å². The Hall–Kier alpha value is -2.59. The van der Waals surface area contributed by atoms with Gasteiger partial charge in [0, 0.05) is 0 Å². The summed E-state index contributed by atoms with van der Waals surface area (Å²) in [6, 6.07) is 1.23. The smallest absolute Gasteiger partial charge is 0.250 e. The van der Waals surface area contributed by atoms with Crippen LogP contribution in [0.2, 0.25) is 0 Å². The largest absolute Gasteiger partial charge is 0.521 e. The van der Waals surface area contributed by atoms with Crippen molar-refractivity contribution in [2.45, 2.75) is 0 Å². The van der Waals surface area contributed by atoms with Crippen molar-refractivity contribution in [3.63, 3.8) is 0 Å². The van der Waals surface area contributed by atoms with Gasteiger partial charge in [-0.2, -0.15) is 0 Å². The molecular weight excluding hydrogens is 459 g/mol. The Morgan fingerprint density at radius 3 is 2.00 bits per heavy atom. The Kier molecular flexibility index (Phi) is 2.79. The summed E-state index contributed by atoms with van der Waals surface area (Å²) in [5, 5.41) is 8.18. The van der Waals surface area contributed by atoms with Crippen LogP contribution in [0.1, 0.15) is 10.4 Å². The molecule has 0 aliphatic rings. The van der Waals surface area contributed by atoms with Gasteiger partial charge in [0.25, 0.3) is 5.97 Å². The van der Waals surface area contributed by atoms with E-state index in [0.29, 0.717) is 0 Å². The number of halogens is 4. The molecule has 14 heavy (non-hydrogen) atoms. The van der Waals surface area contributed by atoms with Crippen molar-refractivity contribution in [3.8, 4) is 0 Å². The van der Waals surface area contributed by atoms with E-state index in [9.17, 15) is 22.4 Å². The van der Waals surface area contributed by atoms with Crippen LogP contribution in [0.4, 0.5) is 17.6 Å². The van der Waals surface area contributed by atoms with Crippen molar-refractivity contribution >= 4 is 5.97 Å². The van der Waals surface area contributed by atoms with E-state index < -0.39 is 34.8 Å². The molecule has 2 nitrogen and oxygen atoms in total. The molecule has 0 unspecified atom stereocenters. The summed E-state index contributed by atoms with van der Waals surface area (Å²) in [5.74, 6) is -9.99. The van der Waals surface area contributed by atoms with E-state index in [1.54, 1.807) is 0 Å². The van der Waals surface area contributed by atoms with E-state index >= 15 is 0 Å². The van der Waals surface area contributed by atoms with Crippen LogP contribution in [0.3, 0.4) is 0 Å². The van der Waals surface area contributed by atoms with Crippen LogP contribution in [-0.4, -0.2) is 11.1 Å². The van der Waals surface area contributed by atoms with Crippen molar-refractivity contribution in [2.24, 2.45) is 0 Å². The number of hydrogen-bond acceptors (Lipinski definition) is 1. The summed E-state index contributed by atoms with van der Waals surface area (Å²) in [6.07, 6.45) is 0. The van der Waals surface area contributed by atoms with E-state index in [0.717, 1.165) is 0 Å². The number of aromatic carboxylic acids is 1. The van der Waals surface area contributed by atoms with Crippen LogP contribution >= 0.6 is 0 Å². The topological polar surface area (TPSA) is 37.3 Å². The molecule has 1 rings (SSSR count). The first-order valence-corrected chi connectivity index (χ1v) is 2.93. The maximum atomic E-state index is 12.5. The molecule has 0 aliphatic carbocycles. The van der Waals surface area contributed by atoms with E-state index in [1.807, 2.05) is 0 Å². The number of carboxylic acid groups (broad SMARTS) is 1. The molecule has 7 heteroatoms. The predicted molar refractivity (Wildman–Crippen MR) is 32.1 cm³/mol. The third-order valence-corrected chi connectivity index (χ3v) is 1.25. The summed E-state index contributed by atoms with van der Waals surface area (Å²) in [5.41, 5.74) is -1.36. The molecule has 0 heterocycles. The number of carbonyl (C=O) groups is 1. The third-order valence-electron chi connectivity index (χ3n) is 1.25. The Morgan fingerprint density at radius 1 is 1.07 bits per heavy atom. The molecule has 0 saturated carbocycles. The van der Waals surface area contributed by atoms with Gasteiger partial charge in [0.05, 0.1) is 11.6 Å². The van der Waals surface area contributed by atoms with Gasteiger partial charge in [-0.15, -0.1) is 0 Å². The molecule has 0 amide bonds. The minimum absolute atomic E-state index is 0. The van der Waals surface area contributed by atoms with Crippen LogP contribution in [0.15, 0.2) is 0 Å². The Morgan fingerprint density at radius 2 is 1.57 bits per heavy atom. The molecule has 1 aromatic rings. The van der Waals surface area contributed by atoms with Crippen LogP contribution in [-0.2, 0) is 0 Å². The SMILES string of the molecule is O=C(O)c1[c-]c(F)c(F)c(F)c1F.[Rf]. The van der Waals surface area contributed by atoms with Gasteiger partial charge >= 0.3 is 0 Å². The monoisotopic (exact) mass is 460 g/mol. The quantitative estimate of drug-likeness (QED) is 0.300.